The largest absolute Gasteiger partial charge is 0.465 e. The van der Waals surface area contributed by atoms with Crippen molar-refractivity contribution in [3.8, 4) is 0 Å². The van der Waals surface area contributed by atoms with Gasteiger partial charge in [-0.2, -0.15) is 0 Å². The van der Waals surface area contributed by atoms with Crippen molar-refractivity contribution in [3.05, 3.63) is 71.4 Å². The number of nitrogens with zero attached hydrogens (tertiary/aromatic N) is 1. The first-order chi connectivity index (χ1) is 13.7. The van der Waals surface area contributed by atoms with E-state index in [1.54, 1.807) is 19.2 Å². The lowest BCUT2D eigenvalue weighted by molar-refractivity contribution is 0.0600. The maximum absolute atomic E-state index is 11.5. The van der Waals surface area contributed by atoms with Gasteiger partial charge in [-0.15, -0.1) is 0 Å². The van der Waals surface area contributed by atoms with E-state index in [-0.39, 0.29) is 5.97 Å². The summed E-state index contributed by atoms with van der Waals surface area (Å²) in [5.74, 6) is 0.468. The molecule has 6 nitrogen and oxygen atoms in total. The molecule has 0 aliphatic rings. The number of hydrogen-bond donors (Lipinski definition) is 3. The van der Waals surface area contributed by atoms with Crippen LogP contribution in [0.4, 0.5) is 0 Å². The number of fused-ring (bicyclic) bond motifs is 1. The number of aromatic nitrogens is 1. The van der Waals surface area contributed by atoms with Crippen LogP contribution in [0.2, 0.25) is 0 Å². The quantitative estimate of drug-likeness (QED) is 0.336. The first-order valence-corrected chi connectivity index (χ1v) is 9.38. The predicted molar refractivity (Wildman–Crippen MR) is 113 cm³/mol. The van der Waals surface area contributed by atoms with Crippen molar-refractivity contribution in [2.75, 3.05) is 27.2 Å². The smallest absolute Gasteiger partial charge is 0.337 e. The number of aromatic amines is 1. The van der Waals surface area contributed by atoms with Gasteiger partial charge in [0.2, 0.25) is 0 Å². The number of carbonyl (C=O) groups excluding carboxylic acids is 1. The molecular weight excluding hydrogens is 352 g/mol. The van der Waals surface area contributed by atoms with Gasteiger partial charge in [0.05, 0.1) is 12.7 Å². The first kappa shape index (κ1) is 19.5. The maximum atomic E-state index is 11.5. The fraction of sp³-hybridized carbons (Fsp3) is 0.273. The van der Waals surface area contributed by atoms with Gasteiger partial charge in [-0.3, -0.25) is 4.99 Å². The molecule has 0 bridgehead atoms. The van der Waals surface area contributed by atoms with Gasteiger partial charge in [-0.25, -0.2) is 4.79 Å². The van der Waals surface area contributed by atoms with E-state index in [4.69, 9.17) is 4.74 Å². The summed E-state index contributed by atoms with van der Waals surface area (Å²) in [5, 5.41) is 7.94. The van der Waals surface area contributed by atoms with E-state index in [2.05, 4.69) is 45.0 Å². The molecule has 0 atom stereocenters. The van der Waals surface area contributed by atoms with Crippen LogP contribution in [-0.4, -0.2) is 44.2 Å². The molecule has 1 aromatic heterocycles. The Morgan fingerprint density at radius 2 is 1.75 bits per heavy atom. The summed E-state index contributed by atoms with van der Waals surface area (Å²) in [7, 11) is 3.16. The zero-order valence-corrected chi connectivity index (χ0v) is 16.3. The third kappa shape index (κ3) is 4.91. The lowest BCUT2D eigenvalue weighted by atomic mass is 10.1. The highest BCUT2D eigenvalue weighted by molar-refractivity contribution is 5.89. The van der Waals surface area contributed by atoms with Gasteiger partial charge in [0.15, 0.2) is 5.96 Å². The van der Waals surface area contributed by atoms with Crippen molar-refractivity contribution >= 4 is 22.8 Å². The van der Waals surface area contributed by atoms with Gasteiger partial charge in [0, 0.05) is 37.2 Å². The van der Waals surface area contributed by atoms with E-state index in [0.717, 1.165) is 37.5 Å². The van der Waals surface area contributed by atoms with E-state index >= 15 is 0 Å². The van der Waals surface area contributed by atoms with Gasteiger partial charge in [-0.1, -0.05) is 30.3 Å². The molecule has 146 valence electrons. The highest BCUT2D eigenvalue weighted by Crippen LogP contribution is 2.17. The Kier molecular flexibility index (Phi) is 6.68. The lowest BCUT2D eigenvalue weighted by Crippen LogP contribution is -2.39. The van der Waals surface area contributed by atoms with Gasteiger partial charge in [-0.05, 0) is 42.2 Å². The molecule has 3 rings (SSSR count). The maximum Gasteiger partial charge on any atom is 0.337 e. The number of H-pyrrole nitrogens is 1. The third-order valence-corrected chi connectivity index (χ3v) is 4.67. The Morgan fingerprint density at radius 3 is 2.46 bits per heavy atom. The number of para-hydroxylation sites is 1. The molecule has 28 heavy (non-hydrogen) atoms. The summed E-state index contributed by atoms with van der Waals surface area (Å²) < 4.78 is 4.71. The monoisotopic (exact) mass is 378 g/mol. The topological polar surface area (TPSA) is 78.5 Å². The second-order valence-electron chi connectivity index (χ2n) is 6.47. The summed E-state index contributed by atoms with van der Waals surface area (Å²) in [6.45, 7) is 1.56. The van der Waals surface area contributed by atoms with Crippen LogP contribution in [0, 0.1) is 0 Å². The minimum absolute atomic E-state index is 0.315. The fourth-order valence-electron chi connectivity index (χ4n) is 3.13. The molecule has 6 heteroatoms. The molecule has 0 saturated heterocycles. The van der Waals surface area contributed by atoms with E-state index in [1.807, 2.05) is 18.2 Å². The van der Waals surface area contributed by atoms with E-state index in [1.165, 1.54) is 23.6 Å². The number of aliphatic imine (C=N–C) groups is 1. The van der Waals surface area contributed by atoms with Crippen molar-refractivity contribution in [2.45, 2.75) is 12.8 Å². The van der Waals surface area contributed by atoms with E-state index in [9.17, 15) is 4.79 Å². The molecule has 0 amide bonds. The summed E-state index contributed by atoms with van der Waals surface area (Å²) in [6.07, 6.45) is 3.82. The number of ether oxygens (including phenoxy) is 1. The predicted octanol–water partition coefficient (Wildman–Crippen LogP) is 2.90. The molecule has 0 unspecified atom stereocenters. The molecular formula is C22H26N4O2. The number of rotatable bonds is 7. The molecule has 3 aromatic rings. The molecule has 0 fully saturated rings. The number of benzene rings is 2. The molecule has 1 heterocycles. The number of esters is 1. The summed E-state index contributed by atoms with van der Waals surface area (Å²) in [6, 6.07) is 15.8. The Morgan fingerprint density at radius 1 is 1.04 bits per heavy atom. The summed E-state index contributed by atoms with van der Waals surface area (Å²) in [5.41, 5.74) is 4.17. The number of nitrogens with one attached hydrogen (secondary N) is 3. The van der Waals surface area contributed by atoms with Crippen molar-refractivity contribution in [1.29, 1.82) is 0 Å². The first-order valence-electron chi connectivity index (χ1n) is 9.38. The molecule has 0 spiro atoms. The minimum Gasteiger partial charge on any atom is -0.465 e. The highest BCUT2D eigenvalue weighted by atomic mass is 16.5. The number of carbonyl (C=O) groups is 1. The van der Waals surface area contributed by atoms with Gasteiger partial charge >= 0.3 is 5.97 Å². The van der Waals surface area contributed by atoms with Crippen LogP contribution in [-0.2, 0) is 17.6 Å². The van der Waals surface area contributed by atoms with Crippen molar-refractivity contribution < 1.29 is 9.53 Å². The van der Waals surface area contributed by atoms with Crippen LogP contribution in [0.25, 0.3) is 10.9 Å². The van der Waals surface area contributed by atoms with Crippen LogP contribution in [0.1, 0.15) is 21.5 Å². The average Bonchev–Trinajstić information content (AvgIpc) is 3.15. The van der Waals surface area contributed by atoms with Crippen LogP contribution in [0.3, 0.4) is 0 Å². The molecule has 0 radical (unpaired) electrons. The molecule has 2 aromatic carbocycles. The summed E-state index contributed by atoms with van der Waals surface area (Å²) >= 11 is 0. The zero-order chi connectivity index (χ0) is 19.8. The SMILES string of the molecule is CN=C(NCCc1ccc(C(=O)OC)cc1)NCCc1c[nH]c2ccccc12. The number of methoxy groups -OCH3 is 1. The Balaban J connectivity index is 1.43. The molecule has 0 aliphatic heterocycles. The Hall–Kier alpha value is -3.28. The normalized spacial score (nSPS) is 11.4. The molecule has 3 N–H and O–H groups in total. The standard InChI is InChI=1S/C22H26N4O2/c1-23-22(24-13-11-16-7-9-17(10-8-16)21(27)28-2)25-14-12-18-15-26-20-6-4-3-5-19(18)20/h3-10,15,26H,11-14H2,1-2H3,(H2,23,24,25). The van der Waals surface area contributed by atoms with Gasteiger partial charge < -0.3 is 20.4 Å². The van der Waals surface area contributed by atoms with Crippen LogP contribution in [0.5, 0.6) is 0 Å². The Bertz CT molecular complexity index is 945. The molecule has 0 aliphatic carbocycles. The minimum atomic E-state index is -0.315. The Labute approximate surface area is 165 Å². The zero-order valence-electron chi connectivity index (χ0n) is 16.3. The third-order valence-electron chi connectivity index (χ3n) is 4.67. The molecule has 0 saturated carbocycles. The average molecular weight is 378 g/mol. The van der Waals surface area contributed by atoms with Crippen LogP contribution >= 0.6 is 0 Å². The lowest BCUT2D eigenvalue weighted by Gasteiger charge is -2.12. The number of guanidine groups is 1. The van der Waals surface area contributed by atoms with Gasteiger partial charge in [0.25, 0.3) is 0 Å². The second kappa shape index (κ2) is 9.60. The van der Waals surface area contributed by atoms with E-state index in [0.29, 0.717) is 5.56 Å². The van der Waals surface area contributed by atoms with Crippen LogP contribution < -0.4 is 10.6 Å². The van der Waals surface area contributed by atoms with E-state index < -0.39 is 0 Å². The van der Waals surface area contributed by atoms with Gasteiger partial charge in [0.1, 0.15) is 0 Å². The second-order valence-corrected chi connectivity index (χ2v) is 6.47. The van der Waals surface area contributed by atoms with Crippen LogP contribution in [0.15, 0.2) is 59.7 Å². The number of hydrogen-bond acceptors (Lipinski definition) is 3. The van der Waals surface area contributed by atoms with Crippen molar-refractivity contribution in [2.24, 2.45) is 4.99 Å². The van der Waals surface area contributed by atoms with Crippen molar-refractivity contribution in [3.63, 3.8) is 0 Å². The summed E-state index contributed by atoms with van der Waals surface area (Å²) in [4.78, 5) is 19.0. The van der Waals surface area contributed by atoms with Crippen molar-refractivity contribution in [1.82, 2.24) is 15.6 Å². The highest BCUT2D eigenvalue weighted by Gasteiger charge is 2.05. The fourth-order valence-corrected chi connectivity index (χ4v) is 3.13.